The van der Waals surface area contributed by atoms with Crippen molar-refractivity contribution in [2.75, 3.05) is 13.1 Å². The van der Waals surface area contributed by atoms with Crippen LogP contribution in [0.4, 0.5) is 4.39 Å². The van der Waals surface area contributed by atoms with Gasteiger partial charge in [0.15, 0.2) is 0 Å². The summed E-state index contributed by atoms with van der Waals surface area (Å²) in [6.07, 6.45) is 2.11. The fourth-order valence-electron chi connectivity index (χ4n) is 2.71. The van der Waals surface area contributed by atoms with Gasteiger partial charge in [0.1, 0.15) is 16.6 Å². The number of rotatable bonds is 1. The number of likely N-dealkylation sites (tertiary alicyclic amines) is 1. The van der Waals surface area contributed by atoms with Crippen molar-refractivity contribution in [1.82, 2.24) is 4.90 Å². The van der Waals surface area contributed by atoms with E-state index in [1.807, 2.05) is 4.90 Å². The summed E-state index contributed by atoms with van der Waals surface area (Å²) < 4.78 is 41.4. The van der Waals surface area contributed by atoms with Crippen molar-refractivity contribution in [3.8, 4) is 0 Å². The molecule has 0 spiro atoms. The first kappa shape index (κ1) is 13.3. The highest BCUT2D eigenvalue weighted by Gasteiger charge is 2.34. The minimum atomic E-state index is -3.69. The summed E-state index contributed by atoms with van der Waals surface area (Å²) in [5, 5.41) is 0. The second kappa shape index (κ2) is 4.70. The van der Waals surface area contributed by atoms with Crippen LogP contribution in [0, 0.1) is 5.82 Å². The molecule has 0 N–H and O–H groups in total. The topological polar surface area (TPSA) is 49.7 Å². The third kappa shape index (κ3) is 2.14. The van der Waals surface area contributed by atoms with E-state index in [4.69, 9.17) is 0 Å². The zero-order valence-corrected chi connectivity index (χ0v) is 12.0. The van der Waals surface area contributed by atoms with E-state index in [0.717, 1.165) is 25.9 Å². The molecule has 0 bridgehead atoms. The van der Waals surface area contributed by atoms with Crippen molar-refractivity contribution in [2.24, 2.45) is 4.40 Å². The SMILES string of the molecule is CC1=C(c2ccc(F)cc2)S(=O)(=O)N=C1N1CCCC1. The Kier molecular flexibility index (Phi) is 3.12. The summed E-state index contributed by atoms with van der Waals surface area (Å²) in [6.45, 7) is 3.44. The number of halogens is 1. The second-order valence-corrected chi connectivity index (χ2v) is 6.59. The number of amidine groups is 1. The van der Waals surface area contributed by atoms with Crippen LogP contribution in [-0.2, 0) is 10.0 Å². The van der Waals surface area contributed by atoms with Crippen molar-refractivity contribution in [3.63, 3.8) is 0 Å². The Morgan fingerprint density at radius 1 is 1.15 bits per heavy atom. The summed E-state index contributed by atoms with van der Waals surface area (Å²) in [6, 6.07) is 5.49. The van der Waals surface area contributed by atoms with Gasteiger partial charge in [0, 0.05) is 18.7 Å². The van der Waals surface area contributed by atoms with Crippen molar-refractivity contribution in [1.29, 1.82) is 0 Å². The molecule has 2 heterocycles. The molecule has 0 radical (unpaired) electrons. The first-order valence-corrected chi connectivity index (χ1v) is 8.00. The molecular weight excluding hydrogens is 279 g/mol. The average molecular weight is 294 g/mol. The molecule has 1 fully saturated rings. The number of hydrogen-bond donors (Lipinski definition) is 0. The fraction of sp³-hybridized carbons (Fsp3) is 0.357. The van der Waals surface area contributed by atoms with Gasteiger partial charge in [0.2, 0.25) is 0 Å². The monoisotopic (exact) mass is 294 g/mol. The van der Waals surface area contributed by atoms with Crippen LogP contribution >= 0.6 is 0 Å². The molecule has 2 aliphatic heterocycles. The molecule has 1 aromatic rings. The molecule has 3 rings (SSSR count). The second-order valence-electron chi connectivity index (χ2n) is 5.05. The molecule has 20 heavy (non-hydrogen) atoms. The molecule has 0 aliphatic carbocycles. The van der Waals surface area contributed by atoms with E-state index in [1.54, 1.807) is 6.92 Å². The quantitative estimate of drug-likeness (QED) is 0.799. The van der Waals surface area contributed by atoms with Gasteiger partial charge in [-0.25, -0.2) is 4.39 Å². The number of nitrogens with zero attached hydrogens (tertiary/aromatic N) is 2. The van der Waals surface area contributed by atoms with Crippen molar-refractivity contribution >= 4 is 20.8 Å². The van der Waals surface area contributed by atoms with Gasteiger partial charge in [-0.2, -0.15) is 8.42 Å². The number of benzene rings is 1. The highest BCUT2D eigenvalue weighted by Crippen LogP contribution is 2.34. The number of hydrogen-bond acceptors (Lipinski definition) is 3. The lowest BCUT2D eigenvalue weighted by atomic mass is 10.1. The van der Waals surface area contributed by atoms with Gasteiger partial charge in [-0.1, -0.05) is 12.1 Å². The highest BCUT2D eigenvalue weighted by molar-refractivity contribution is 8.00. The third-order valence-electron chi connectivity index (χ3n) is 3.65. The van der Waals surface area contributed by atoms with Crippen molar-refractivity contribution in [3.05, 3.63) is 41.2 Å². The largest absolute Gasteiger partial charge is 0.356 e. The molecule has 0 saturated carbocycles. The molecule has 6 heteroatoms. The fourth-order valence-corrected chi connectivity index (χ4v) is 4.20. The molecule has 0 atom stereocenters. The summed E-state index contributed by atoms with van der Waals surface area (Å²) in [7, 11) is -3.69. The summed E-state index contributed by atoms with van der Waals surface area (Å²) in [4.78, 5) is 2.20. The summed E-state index contributed by atoms with van der Waals surface area (Å²) >= 11 is 0. The maximum absolute atomic E-state index is 13.0. The van der Waals surface area contributed by atoms with Crippen LogP contribution in [0.15, 0.2) is 34.2 Å². The molecule has 0 unspecified atom stereocenters. The Morgan fingerprint density at radius 2 is 1.75 bits per heavy atom. The third-order valence-corrected chi connectivity index (χ3v) is 5.12. The van der Waals surface area contributed by atoms with Gasteiger partial charge in [0.25, 0.3) is 10.0 Å². The molecule has 1 saturated heterocycles. The predicted molar refractivity (Wildman–Crippen MR) is 76.2 cm³/mol. The van der Waals surface area contributed by atoms with E-state index in [-0.39, 0.29) is 10.7 Å². The van der Waals surface area contributed by atoms with E-state index in [9.17, 15) is 12.8 Å². The van der Waals surface area contributed by atoms with E-state index >= 15 is 0 Å². The van der Waals surface area contributed by atoms with Gasteiger partial charge in [-0.3, -0.25) is 0 Å². The van der Waals surface area contributed by atoms with Crippen LogP contribution in [0.3, 0.4) is 0 Å². The van der Waals surface area contributed by atoms with E-state index in [0.29, 0.717) is 17.0 Å². The molecule has 2 aliphatic rings. The van der Waals surface area contributed by atoms with Gasteiger partial charge in [-0.05, 0) is 37.5 Å². The first-order chi connectivity index (χ1) is 9.49. The normalized spacial score (nSPS) is 21.5. The molecular formula is C14H15FN2O2S. The maximum atomic E-state index is 13.0. The molecule has 0 aromatic heterocycles. The lowest BCUT2D eigenvalue weighted by Crippen LogP contribution is -2.27. The highest BCUT2D eigenvalue weighted by atomic mass is 32.2. The number of sulfonamides is 1. The maximum Gasteiger partial charge on any atom is 0.285 e. The van der Waals surface area contributed by atoms with Gasteiger partial charge < -0.3 is 4.90 Å². The first-order valence-electron chi connectivity index (χ1n) is 6.56. The standard InChI is InChI=1S/C14H15FN2O2S/c1-10-13(11-4-6-12(15)7-5-11)20(18,19)16-14(10)17-8-2-3-9-17/h4-7H,2-3,8-9H2,1H3. The lowest BCUT2D eigenvalue weighted by Gasteiger charge is -2.17. The molecule has 1 aromatic carbocycles. The smallest absolute Gasteiger partial charge is 0.285 e. The average Bonchev–Trinajstić information content (AvgIpc) is 2.98. The van der Waals surface area contributed by atoms with Gasteiger partial charge in [-0.15, -0.1) is 4.40 Å². The van der Waals surface area contributed by atoms with E-state index in [1.165, 1.54) is 24.3 Å². The minimum Gasteiger partial charge on any atom is -0.356 e. The van der Waals surface area contributed by atoms with Gasteiger partial charge in [0.05, 0.1) is 0 Å². The van der Waals surface area contributed by atoms with Crippen LogP contribution in [0.5, 0.6) is 0 Å². The van der Waals surface area contributed by atoms with Crippen LogP contribution < -0.4 is 0 Å². The van der Waals surface area contributed by atoms with Crippen molar-refractivity contribution < 1.29 is 12.8 Å². The van der Waals surface area contributed by atoms with Gasteiger partial charge >= 0.3 is 0 Å². The van der Waals surface area contributed by atoms with Crippen molar-refractivity contribution in [2.45, 2.75) is 19.8 Å². The summed E-state index contributed by atoms with van der Waals surface area (Å²) in [5.74, 6) is 0.157. The van der Waals surface area contributed by atoms with Crippen LogP contribution in [-0.4, -0.2) is 32.2 Å². The molecule has 0 amide bonds. The van der Waals surface area contributed by atoms with Crippen LogP contribution in [0.25, 0.3) is 4.91 Å². The Bertz CT molecular complexity index is 699. The zero-order chi connectivity index (χ0) is 14.3. The van der Waals surface area contributed by atoms with E-state index in [2.05, 4.69) is 4.40 Å². The zero-order valence-electron chi connectivity index (χ0n) is 11.1. The predicted octanol–water partition coefficient (Wildman–Crippen LogP) is 2.39. The Balaban J connectivity index is 2.08. The van der Waals surface area contributed by atoms with Crippen LogP contribution in [0.2, 0.25) is 0 Å². The van der Waals surface area contributed by atoms with Crippen LogP contribution in [0.1, 0.15) is 25.3 Å². The Hall–Kier alpha value is -1.69. The Labute approximate surface area is 117 Å². The molecule has 4 nitrogen and oxygen atoms in total. The van der Waals surface area contributed by atoms with E-state index < -0.39 is 10.0 Å². The Morgan fingerprint density at radius 3 is 2.35 bits per heavy atom. The molecule has 106 valence electrons. The lowest BCUT2D eigenvalue weighted by molar-refractivity contribution is 0.520. The summed E-state index contributed by atoms with van der Waals surface area (Å²) in [5.41, 5.74) is 1.14. The minimum absolute atomic E-state index is 0.194.